The molecule has 1 saturated carbocycles. The Balaban J connectivity index is 1.38. The first-order valence-electron chi connectivity index (χ1n) is 8.18. The van der Waals surface area contributed by atoms with E-state index in [9.17, 15) is 9.90 Å². The number of carbonyl (C=O) groups excluding carboxylic acids is 1. The van der Waals surface area contributed by atoms with E-state index in [2.05, 4.69) is 15.1 Å². The molecule has 1 atom stereocenters. The molecule has 0 radical (unpaired) electrons. The number of nitrogens with one attached hydrogen (secondary N) is 1. The second-order valence-electron chi connectivity index (χ2n) is 6.35. The molecule has 2 aliphatic rings. The maximum atomic E-state index is 11.8. The van der Waals surface area contributed by atoms with Crippen molar-refractivity contribution in [2.24, 2.45) is 0 Å². The lowest BCUT2D eigenvalue weighted by Gasteiger charge is -2.35. The summed E-state index contributed by atoms with van der Waals surface area (Å²) in [6.45, 7) is 4.75. The third-order valence-electron chi connectivity index (χ3n) is 4.39. The van der Waals surface area contributed by atoms with E-state index in [1.165, 1.54) is 0 Å². The molecule has 2 N–H and O–H groups in total. The summed E-state index contributed by atoms with van der Waals surface area (Å²) in [5.74, 6) is 0.153. The third-order valence-corrected chi connectivity index (χ3v) is 4.39. The molecule has 5 nitrogen and oxygen atoms in total. The second-order valence-corrected chi connectivity index (χ2v) is 6.35. The van der Waals surface area contributed by atoms with Gasteiger partial charge in [0.25, 0.3) is 0 Å². The average molecular weight is 303 g/mol. The van der Waals surface area contributed by atoms with Crippen molar-refractivity contribution in [2.45, 2.75) is 25.0 Å². The molecule has 0 spiro atoms. The fraction of sp³-hybridized carbons (Fsp3) is 0.588. The van der Waals surface area contributed by atoms with E-state index in [0.29, 0.717) is 19.1 Å². The Morgan fingerprint density at radius 2 is 1.77 bits per heavy atom. The minimum atomic E-state index is -0.439. The zero-order chi connectivity index (χ0) is 15.4. The highest BCUT2D eigenvalue weighted by Gasteiger charge is 2.25. The summed E-state index contributed by atoms with van der Waals surface area (Å²) in [4.78, 5) is 16.3. The molecule has 1 unspecified atom stereocenters. The quantitative estimate of drug-likeness (QED) is 0.809. The highest BCUT2D eigenvalue weighted by molar-refractivity contribution is 5.78. The van der Waals surface area contributed by atoms with Crippen LogP contribution in [0.4, 0.5) is 0 Å². The van der Waals surface area contributed by atoms with Crippen LogP contribution in [0.15, 0.2) is 30.3 Å². The highest BCUT2D eigenvalue weighted by Crippen LogP contribution is 2.18. The molecule has 0 bridgehead atoms. The van der Waals surface area contributed by atoms with Crippen LogP contribution in [0.25, 0.3) is 0 Å². The van der Waals surface area contributed by atoms with Crippen LogP contribution in [0.3, 0.4) is 0 Å². The van der Waals surface area contributed by atoms with Gasteiger partial charge in [-0.1, -0.05) is 30.3 Å². The van der Waals surface area contributed by atoms with Gasteiger partial charge < -0.3 is 10.4 Å². The fourth-order valence-corrected chi connectivity index (χ4v) is 2.86. The molecule has 0 aromatic heterocycles. The molecule has 1 aromatic rings. The van der Waals surface area contributed by atoms with Gasteiger partial charge >= 0.3 is 0 Å². The molecular weight excluding hydrogens is 278 g/mol. The first kappa shape index (κ1) is 15.5. The molecule has 1 aliphatic heterocycles. The van der Waals surface area contributed by atoms with Crippen molar-refractivity contribution in [2.75, 3.05) is 39.3 Å². The van der Waals surface area contributed by atoms with Crippen molar-refractivity contribution in [1.29, 1.82) is 0 Å². The Labute approximate surface area is 131 Å². The van der Waals surface area contributed by atoms with E-state index >= 15 is 0 Å². The maximum absolute atomic E-state index is 11.8. The normalized spacial score (nSPS) is 21.5. The van der Waals surface area contributed by atoms with Gasteiger partial charge in [0.1, 0.15) is 0 Å². The predicted molar refractivity (Wildman–Crippen MR) is 85.4 cm³/mol. The number of carbonyl (C=O) groups is 1. The van der Waals surface area contributed by atoms with E-state index < -0.39 is 6.10 Å². The number of benzene rings is 1. The number of aliphatic hydroxyl groups is 1. The summed E-state index contributed by atoms with van der Waals surface area (Å²) in [5, 5.41) is 13.3. The van der Waals surface area contributed by atoms with Gasteiger partial charge in [-0.05, 0) is 18.4 Å². The van der Waals surface area contributed by atoms with Crippen molar-refractivity contribution in [3.8, 4) is 0 Å². The molecule has 3 rings (SSSR count). The van der Waals surface area contributed by atoms with Crippen LogP contribution < -0.4 is 5.32 Å². The topological polar surface area (TPSA) is 55.8 Å². The van der Waals surface area contributed by atoms with Crippen LogP contribution >= 0.6 is 0 Å². The van der Waals surface area contributed by atoms with Gasteiger partial charge in [0.2, 0.25) is 5.91 Å². The lowest BCUT2D eigenvalue weighted by atomic mass is 10.1. The molecule has 1 aromatic carbocycles. The molecule has 22 heavy (non-hydrogen) atoms. The van der Waals surface area contributed by atoms with Gasteiger partial charge in [-0.15, -0.1) is 0 Å². The van der Waals surface area contributed by atoms with Gasteiger partial charge in [0, 0.05) is 38.8 Å². The highest BCUT2D eigenvalue weighted by atomic mass is 16.3. The summed E-state index contributed by atoms with van der Waals surface area (Å²) in [7, 11) is 0. The fourth-order valence-electron chi connectivity index (χ4n) is 2.86. The van der Waals surface area contributed by atoms with Crippen LogP contribution in [-0.2, 0) is 4.79 Å². The van der Waals surface area contributed by atoms with E-state index in [-0.39, 0.29) is 5.91 Å². The van der Waals surface area contributed by atoms with E-state index in [1.807, 2.05) is 30.3 Å². The average Bonchev–Trinajstić information content (AvgIpc) is 3.34. The van der Waals surface area contributed by atoms with Crippen LogP contribution in [0, 0.1) is 0 Å². The van der Waals surface area contributed by atoms with E-state index in [4.69, 9.17) is 0 Å². The summed E-state index contributed by atoms with van der Waals surface area (Å²) < 4.78 is 0. The van der Waals surface area contributed by atoms with Crippen LogP contribution in [0.5, 0.6) is 0 Å². The lowest BCUT2D eigenvalue weighted by molar-refractivity contribution is -0.122. The zero-order valence-corrected chi connectivity index (χ0v) is 12.9. The number of rotatable bonds is 6. The van der Waals surface area contributed by atoms with Crippen LogP contribution in [-0.4, -0.2) is 66.1 Å². The Kier molecular flexibility index (Phi) is 5.08. The number of amides is 1. The number of β-amino-alcohol motifs (C(OH)–C–C–N with tert-alkyl or cyclic N) is 1. The number of piperazine rings is 1. The molecule has 1 saturated heterocycles. The number of hydrogen-bond acceptors (Lipinski definition) is 4. The zero-order valence-electron chi connectivity index (χ0n) is 12.9. The number of nitrogens with zero attached hydrogens (tertiary/aromatic N) is 2. The number of aliphatic hydroxyl groups excluding tert-OH is 1. The molecule has 1 aliphatic carbocycles. The minimum Gasteiger partial charge on any atom is -0.387 e. The van der Waals surface area contributed by atoms with Gasteiger partial charge in [-0.2, -0.15) is 0 Å². The maximum Gasteiger partial charge on any atom is 0.234 e. The van der Waals surface area contributed by atoms with Crippen molar-refractivity contribution in [1.82, 2.24) is 15.1 Å². The predicted octanol–water partition coefficient (Wildman–Crippen LogP) is 0.616. The van der Waals surface area contributed by atoms with Crippen molar-refractivity contribution in [3.05, 3.63) is 35.9 Å². The number of hydrogen-bond donors (Lipinski definition) is 2. The summed E-state index contributed by atoms with van der Waals surface area (Å²) >= 11 is 0. The first-order valence-corrected chi connectivity index (χ1v) is 8.18. The minimum absolute atomic E-state index is 0.153. The summed E-state index contributed by atoms with van der Waals surface area (Å²) in [6, 6.07) is 10.2. The molecule has 1 heterocycles. The second kappa shape index (κ2) is 7.22. The van der Waals surface area contributed by atoms with Crippen molar-refractivity contribution in [3.63, 3.8) is 0 Å². The summed E-state index contributed by atoms with van der Waals surface area (Å²) in [6.07, 6.45) is 1.83. The Hall–Kier alpha value is -1.43. The molecule has 120 valence electrons. The van der Waals surface area contributed by atoms with Gasteiger partial charge in [0.15, 0.2) is 0 Å². The monoisotopic (exact) mass is 303 g/mol. The molecule has 5 heteroatoms. The standard InChI is InChI=1S/C17H25N3O2/c21-16(14-4-2-1-3-5-14)12-19-8-10-20(11-9-19)13-17(22)18-15-6-7-15/h1-5,15-16,21H,6-13H2,(H,18,22). The largest absolute Gasteiger partial charge is 0.387 e. The summed E-state index contributed by atoms with van der Waals surface area (Å²) in [5.41, 5.74) is 0.966. The smallest absolute Gasteiger partial charge is 0.234 e. The lowest BCUT2D eigenvalue weighted by Crippen LogP contribution is -2.50. The molecular formula is C17H25N3O2. The van der Waals surface area contributed by atoms with Crippen molar-refractivity contribution < 1.29 is 9.90 Å². The van der Waals surface area contributed by atoms with Gasteiger partial charge in [0.05, 0.1) is 12.6 Å². The van der Waals surface area contributed by atoms with E-state index in [1.54, 1.807) is 0 Å². The van der Waals surface area contributed by atoms with Crippen LogP contribution in [0.1, 0.15) is 24.5 Å². The first-order chi connectivity index (χ1) is 10.7. The van der Waals surface area contributed by atoms with Gasteiger partial charge in [-0.3, -0.25) is 14.6 Å². The Morgan fingerprint density at radius 3 is 2.41 bits per heavy atom. The van der Waals surface area contributed by atoms with Gasteiger partial charge in [-0.25, -0.2) is 0 Å². The Bertz CT molecular complexity index is 482. The van der Waals surface area contributed by atoms with E-state index in [0.717, 1.165) is 44.6 Å². The SMILES string of the molecule is O=C(CN1CCN(CC(O)c2ccccc2)CC1)NC1CC1. The van der Waals surface area contributed by atoms with Crippen LogP contribution in [0.2, 0.25) is 0 Å². The molecule has 1 amide bonds. The molecule has 2 fully saturated rings. The Morgan fingerprint density at radius 1 is 1.14 bits per heavy atom. The third kappa shape index (κ3) is 4.53. The van der Waals surface area contributed by atoms with Crippen molar-refractivity contribution >= 4 is 5.91 Å².